The lowest BCUT2D eigenvalue weighted by Gasteiger charge is -2.29. The van der Waals surface area contributed by atoms with E-state index in [-0.39, 0.29) is 16.2 Å². The summed E-state index contributed by atoms with van der Waals surface area (Å²) in [4.78, 5) is 9.84. The van der Waals surface area contributed by atoms with Crippen LogP contribution in [0.25, 0.3) is 27.6 Å². The summed E-state index contributed by atoms with van der Waals surface area (Å²) >= 11 is 0. The molecule has 63 heavy (non-hydrogen) atoms. The predicted octanol–water partition coefficient (Wildman–Crippen LogP) is 15.2. The number of rotatable bonds is 9. The van der Waals surface area contributed by atoms with E-state index < -0.39 is 0 Å². The standard InChI is InChI=1S/C58H54N4O/c1-56(2,3)44-34-46(61-39-60(52-27-16-17-28-53(52)61)45-24-18-23-42(33-45)57(4,5)40-19-10-8-11-20-40)37-48(35-44)63-47-29-30-50-49-25-14-15-26-51(49)62(54(50)38-47)55-36-43(31-32-59-55)58(6,7)41-21-12-9-13-22-41/h8-38H,39H2,1-7H3. The molecule has 0 saturated carbocycles. The molecule has 5 nitrogen and oxygen atoms in total. The van der Waals surface area contributed by atoms with Gasteiger partial charge in [0.15, 0.2) is 0 Å². The Morgan fingerprint density at radius 3 is 1.68 bits per heavy atom. The Kier molecular flexibility index (Phi) is 9.75. The number of benzene rings is 7. The quantitative estimate of drug-likeness (QED) is 0.145. The maximum absolute atomic E-state index is 6.97. The Balaban J connectivity index is 1.03. The summed E-state index contributed by atoms with van der Waals surface area (Å²) in [5.74, 6) is 2.45. The molecular weight excluding hydrogens is 769 g/mol. The smallest absolute Gasteiger partial charge is 0.137 e. The third kappa shape index (κ3) is 7.21. The molecule has 9 aromatic rings. The Morgan fingerprint density at radius 1 is 0.429 bits per heavy atom. The molecule has 5 heteroatoms. The first-order valence-corrected chi connectivity index (χ1v) is 22.1. The Hall–Kier alpha value is -7.11. The Morgan fingerprint density at radius 2 is 1.00 bits per heavy atom. The largest absolute Gasteiger partial charge is 0.457 e. The average Bonchev–Trinajstić information content (AvgIpc) is 3.85. The topological polar surface area (TPSA) is 33.5 Å². The first-order chi connectivity index (χ1) is 30.4. The number of anilines is 4. The average molecular weight is 823 g/mol. The number of hydrogen-bond donors (Lipinski definition) is 0. The van der Waals surface area contributed by atoms with E-state index in [1.165, 1.54) is 50.3 Å². The van der Waals surface area contributed by atoms with E-state index in [0.717, 1.165) is 39.4 Å². The molecule has 3 heterocycles. The minimum atomic E-state index is -0.210. The molecule has 0 unspecified atom stereocenters. The van der Waals surface area contributed by atoms with Crippen LogP contribution in [0.5, 0.6) is 11.5 Å². The molecule has 2 aromatic heterocycles. The second-order valence-electron chi connectivity index (χ2n) is 19.0. The van der Waals surface area contributed by atoms with Crippen LogP contribution in [0.2, 0.25) is 0 Å². The summed E-state index contributed by atoms with van der Waals surface area (Å²) in [6, 6.07) is 65.4. The van der Waals surface area contributed by atoms with Crippen LogP contribution < -0.4 is 14.5 Å². The molecule has 0 fully saturated rings. The van der Waals surface area contributed by atoms with Crippen LogP contribution in [0.1, 0.15) is 76.3 Å². The van der Waals surface area contributed by atoms with Gasteiger partial charge in [-0.05, 0) is 100.0 Å². The monoisotopic (exact) mass is 822 g/mol. The van der Waals surface area contributed by atoms with Crippen molar-refractivity contribution in [3.63, 3.8) is 0 Å². The molecule has 10 rings (SSSR count). The van der Waals surface area contributed by atoms with Gasteiger partial charge >= 0.3 is 0 Å². The first kappa shape index (κ1) is 40.0. The van der Waals surface area contributed by atoms with Gasteiger partial charge in [0.05, 0.1) is 22.4 Å². The number of ether oxygens (including phenoxy) is 1. The predicted molar refractivity (Wildman–Crippen MR) is 263 cm³/mol. The number of pyridine rings is 1. The SMILES string of the molecule is CC(C)(C)c1cc(Oc2ccc3c4ccccc4n(-c4cc(C(C)(C)c5ccccc5)ccn4)c3c2)cc(N2CN(c3cccc(C(C)(C)c4ccccc4)c3)c3ccccc32)c1. The lowest BCUT2D eigenvalue weighted by molar-refractivity contribution is 0.479. The van der Waals surface area contributed by atoms with Crippen molar-refractivity contribution in [1.29, 1.82) is 0 Å². The van der Waals surface area contributed by atoms with E-state index in [2.05, 4.69) is 245 Å². The summed E-state index contributed by atoms with van der Waals surface area (Å²) in [7, 11) is 0. The van der Waals surface area contributed by atoms with Crippen LogP contribution in [-0.4, -0.2) is 16.2 Å². The molecule has 0 atom stereocenters. The first-order valence-electron chi connectivity index (χ1n) is 22.1. The van der Waals surface area contributed by atoms with Crippen molar-refractivity contribution in [1.82, 2.24) is 9.55 Å². The van der Waals surface area contributed by atoms with Gasteiger partial charge in [-0.2, -0.15) is 0 Å². The molecule has 0 spiro atoms. The highest BCUT2D eigenvalue weighted by molar-refractivity contribution is 6.09. The Bertz CT molecular complexity index is 3120. The minimum Gasteiger partial charge on any atom is -0.457 e. The molecule has 0 amide bonds. The molecule has 0 radical (unpaired) electrons. The maximum Gasteiger partial charge on any atom is 0.137 e. The van der Waals surface area contributed by atoms with Crippen LogP contribution in [-0.2, 0) is 16.2 Å². The van der Waals surface area contributed by atoms with Gasteiger partial charge in [0.2, 0.25) is 0 Å². The second-order valence-corrected chi connectivity index (χ2v) is 19.0. The van der Waals surface area contributed by atoms with Crippen molar-refractivity contribution in [2.24, 2.45) is 0 Å². The lowest BCUT2D eigenvalue weighted by Crippen LogP contribution is -2.25. The van der Waals surface area contributed by atoms with E-state index in [1.807, 2.05) is 6.20 Å². The molecule has 312 valence electrons. The van der Waals surface area contributed by atoms with Crippen LogP contribution in [0.3, 0.4) is 0 Å². The molecule has 0 bridgehead atoms. The highest BCUT2D eigenvalue weighted by Gasteiger charge is 2.31. The van der Waals surface area contributed by atoms with Crippen molar-refractivity contribution >= 4 is 44.6 Å². The third-order valence-corrected chi connectivity index (χ3v) is 13.3. The zero-order chi connectivity index (χ0) is 43.5. The van der Waals surface area contributed by atoms with Gasteiger partial charge in [0.25, 0.3) is 0 Å². The van der Waals surface area contributed by atoms with Crippen LogP contribution in [0, 0.1) is 0 Å². The zero-order valence-corrected chi connectivity index (χ0v) is 37.3. The fourth-order valence-corrected chi connectivity index (χ4v) is 9.32. The number of nitrogens with zero attached hydrogens (tertiary/aromatic N) is 4. The van der Waals surface area contributed by atoms with Crippen molar-refractivity contribution < 1.29 is 4.74 Å². The number of aromatic nitrogens is 2. The van der Waals surface area contributed by atoms with Gasteiger partial charge in [-0.1, -0.05) is 152 Å². The van der Waals surface area contributed by atoms with E-state index in [0.29, 0.717) is 6.67 Å². The summed E-state index contributed by atoms with van der Waals surface area (Å²) < 4.78 is 9.25. The van der Waals surface area contributed by atoms with Crippen LogP contribution >= 0.6 is 0 Å². The Labute approximate surface area is 371 Å². The van der Waals surface area contributed by atoms with E-state index >= 15 is 0 Å². The van der Waals surface area contributed by atoms with Gasteiger partial charge in [0, 0.05) is 51.3 Å². The molecular formula is C58H54N4O. The molecule has 1 aliphatic heterocycles. The fourth-order valence-electron chi connectivity index (χ4n) is 9.32. The van der Waals surface area contributed by atoms with E-state index in [4.69, 9.17) is 9.72 Å². The van der Waals surface area contributed by atoms with E-state index in [1.54, 1.807) is 0 Å². The van der Waals surface area contributed by atoms with Gasteiger partial charge in [0.1, 0.15) is 24.0 Å². The molecule has 7 aromatic carbocycles. The molecule has 0 saturated heterocycles. The van der Waals surface area contributed by atoms with Crippen LogP contribution in [0.15, 0.2) is 188 Å². The number of para-hydroxylation sites is 3. The fraction of sp³-hybridized carbons (Fsp3) is 0.190. The van der Waals surface area contributed by atoms with Crippen LogP contribution in [0.4, 0.5) is 22.7 Å². The summed E-state index contributed by atoms with van der Waals surface area (Å²) in [6.07, 6.45) is 1.94. The van der Waals surface area contributed by atoms with Gasteiger partial charge in [-0.25, -0.2) is 4.98 Å². The molecule has 0 N–H and O–H groups in total. The zero-order valence-electron chi connectivity index (χ0n) is 37.3. The van der Waals surface area contributed by atoms with Gasteiger partial charge in [-0.15, -0.1) is 0 Å². The molecule has 0 aliphatic carbocycles. The number of fused-ring (bicyclic) bond motifs is 4. The minimum absolute atomic E-state index is 0.120. The summed E-state index contributed by atoms with van der Waals surface area (Å²) in [5, 5.41) is 2.33. The third-order valence-electron chi connectivity index (χ3n) is 13.3. The van der Waals surface area contributed by atoms with Crippen molar-refractivity contribution in [2.45, 2.75) is 64.7 Å². The number of hydrogen-bond acceptors (Lipinski definition) is 4. The summed E-state index contributed by atoms with van der Waals surface area (Å²) in [6.45, 7) is 16.7. The normalized spacial score (nSPS) is 13.2. The van der Waals surface area contributed by atoms with Crippen molar-refractivity contribution in [3.8, 4) is 17.3 Å². The lowest BCUT2D eigenvalue weighted by atomic mass is 9.78. The van der Waals surface area contributed by atoms with E-state index in [9.17, 15) is 0 Å². The van der Waals surface area contributed by atoms with Gasteiger partial charge < -0.3 is 14.5 Å². The maximum atomic E-state index is 6.97. The summed E-state index contributed by atoms with van der Waals surface area (Å²) in [5.41, 5.74) is 12.5. The second kappa shape index (κ2) is 15.4. The van der Waals surface area contributed by atoms with Crippen molar-refractivity contribution in [3.05, 3.63) is 216 Å². The van der Waals surface area contributed by atoms with Gasteiger partial charge in [-0.3, -0.25) is 4.57 Å². The van der Waals surface area contributed by atoms with Crippen molar-refractivity contribution in [2.75, 3.05) is 16.5 Å². The molecule has 1 aliphatic rings. The highest BCUT2D eigenvalue weighted by atomic mass is 16.5. The highest BCUT2D eigenvalue weighted by Crippen LogP contribution is 2.47.